The molecule has 2 rings (SSSR count). The Morgan fingerprint density at radius 1 is 1.16 bits per heavy atom. The smallest absolute Gasteiger partial charge is 0.125 e. The molecule has 0 fully saturated rings. The van der Waals surface area contributed by atoms with Crippen LogP contribution in [0.2, 0.25) is 0 Å². The van der Waals surface area contributed by atoms with Crippen molar-refractivity contribution in [2.75, 3.05) is 7.05 Å². The van der Waals surface area contributed by atoms with Crippen molar-refractivity contribution in [1.82, 2.24) is 15.3 Å². The largest absolute Gasteiger partial charge is 0.312 e. The predicted octanol–water partition coefficient (Wildman–Crippen LogP) is 3.07. The maximum Gasteiger partial charge on any atom is 0.125 e. The van der Waals surface area contributed by atoms with Crippen molar-refractivity contribution in [2.45, 2.75) is 32.2 Å². The normalized spacial score (nSPS) is 12.3. The van der Waals surface area contributed by atoms with Crippen molar-refractivity contribution >= 4 is 0 Å². The highest BCUT2D eigenvalue weighted by Crippen LogP contribution is 2.17. The SMILES string of the molecule is CNC(CCCc1ccccc1)c1ccnc(C)n1. The molecule has 0 saturated heterocycles. The van der Waals surface area contributed by atoms with Crippen LogP contribution in [0.25, 0.3) is 0 Å². The molecular formula is C16H21N3. The number of hydrogen-bond acceptors (Lipinski definition) is 3. The van der Waals surface area contributed by atoms with Crippen LogP contribution >= 0.6 is 0 Å². The second-order valence-electron chi connectivity index (χ2n) is 4.75. The van der Waals surface area contributed by atoms with E-state index in [9.17, 15) is 0 Å². The summed E-state index contributed by atoms with van der Waals surface area (Å²) in [5.41, 5.74) is 2.49. The number of aromatic nitrogens is 2. The lowest BCUT2D eigenvalue weighted by atomic mass is 10.0. The summed E-state index contributed by atoms with van der Waals surface area (Å²) in [6, 6.07) is 12.9. The molecule has 0 spiro atoms. The molecule has 3 heteroatoms. The van der Waals surface area contributed by atoms with Crippen LogP contribution in [0.3, 0.4) is 0 Å². The molecule has 19 heavy (non-hydrogen) atoms. The summed E-state index contributed by atoms with van der Waals surface area (Å²) < 4.78 is 0. The second-order valence-corrected chi connectivity index (χ2v) is 4.75. The summed E-state index contributed by atoms with van der Waals surface area (Å²) in [7, 11) is 1.99. The van der Waals surface area contributed by atoms with Gasteiger partial charge in [0.1, 0.15) is 5.82 Å². The zero-order chi connectivity index (χ0) is 13.5. The summed E-state index contributed by atoms with van der Waals surface area (Å²) in [5, 5.41) is 3.34. The number of hydrogen-bond donors (Lipinski definition) is 1. The van der Waals surface area contributed by atoms with Gasteiger partial charge in [0.25, 0.3) is 0 Å². The number of benzene rings is 1. The van der Waals surface area contributed by atoms with Crippen molar-refractivity contribution in [1.29, 1.82) is 0 Å². The van der Waals surface area contributed by atoms with Crippen LogP contribution in [0.1, 0.15) is 36.0 Å². The molecule has 0 aliphatic heterocycles. The Labute approximate surface area is 115 Å². The summed E-state index contributed by atoms with van der Waals surface area (Å²) in [6.07, 6.45) is 5.18. The molecule has 3 nitrogen and oxygen atoms in total. The number of nitrogens with one attached hydrogen (secondary N) is 1. The fourth-order valence-electron chi connectivity index (χ4n) is 2.26. The van der Waals surface area contributed by atoms with Gasteiger partial charge in [-0.1, -0.05) is 30.3 Å². The van der Waals surface area contributed by atoms with Gasteiger partial charge in [-0.15, -0.1) is 0 Å². The Hall–Kier alpha value is -1.74. The van der Waals surface area contributed by atoms with Gasteiger partial charge < -0.3 is 5.32 Å². The minimum atomic E-state index is 0.311. The lowest BCUT2D eigenvalue weighted by Gasteiger charge is -2.15. The second kappa shape index (κ2) is 7.00. The van der Waals surface area contributed by atoms with Crippen molar-refractivity contribution in [2.24, 2.45) is 0 Å². The summed E-state index contributed by atoms with van der Waals surface area (Å²) in [5.74, 6) is 0.834. The Morgan fingerprint density at radius 3 is 2.63 bits per heavy atom. The Morgan fingerprint density at radius 2 is 1.95 bits per heavy atom. The molecule has 1 aromatic carbocycles. The van der Waals surface area contributed by atoms with E-state index in [2.05, 4.69) is 45.6 Å². The third-order valence-corrected chi connectivity index (χ3v) is 3.30. The lowest BCUT2D eigenvalue weighted by Crippen LogP contribution is -2.18. The van der Waals surface area contributed by atoms with Crippen LogP contribution in [0.15, 0.2) is 42.6 Å². The fraction of sp³-hybridized carbons (Fsp3) is 0.375. The van der Waals surface area contributed by atoms with Gasteiger partial charge >= 0.3 is 0 Å². The van der Waals surface area contributed by atoms with Crippen LogP contribution < -0.4 is 5.32 Å². The van der Waals surface area contributed by atoms with Crippen molar-refractivity contribution in [3.8, 4) is 0 Å². The first-order chi connectivity index (χ1) is 9.29. The molecule has 0 radical (unpaired) electrons. The molecule has 0 aliphatic carbocycles. The molecule has 1 atom stereocenters. The van der Waals surface area contributed by atoms with Gasteiger partial charge in [0.05, 0.1) is 5.69 Å². The number of nitrogens with zero attached hydrogens (tertiary/aromatic N) is 2. The highest BCUT2D eigenvalue weighted by atomic mass is 14.9. The maximum atomic E-state index is 4.50. The van der Waals surface area contributed by atoms with E-state index in [0.717, 1.165) is 30.8 Å². The average molecular weight is 255 g/mol. The molecule has 0 saturated carbocycles. The van der Waals surface area contributed by atoms with E-state index < -0.39 is 0 Å². The monoisotopic (exact) mass is 255 g/mol. The highest BCUT2D eigenvalue weighted by Gasteiger charge is 2.10. The molecular weight excluding hydrogens is 234 g/mol. The van der Waals surface area contributed by atoms with E-state index in [1.165, 1.54) is 5.56 Å². The Balaban J connectivity index is 1.89. The molecule has 2 aromatic rings. The molecule has 0 amide bonds. The van der Waals surface area contributed by atoms with Crippen molar-refractivity contribution in [3.05, 3.63) is 59.7 Å². The van der Waals surface area contributed by atoms with E-state index >= 15 is 0 Å². The minimum absolute atomic E-state index is 0.311. The number of rotatable bonds is 6. The van der Waals surface area contributed by atoms with E-state index in [0.29, 0.717) is 6.04 Å². The van der Waals surface area contributed by atoms with E-state index in [4.69, 9.17) is 0 Å². The van der Waals surface area contributed by atoms with Gasteiger partial charge in [-0.25, -0.2) is 9.97 Å². The van der Waals surface area contributed by atoms with Crippen LogP contribution in [0.4, 0.5) is 0 Å². The third kappa shape index (κ3) is 4.14. The molecule has 0 aliphatic rings. The maximum absolute atomic E-state index is 4.50. The van der Waals surface area contributed by atoms with Crippen LogP contribution in [0, 0.1) is 6.92 Å². The van der Waals surface area contributed by atoms with Gasteiger partial charge in [-0.2, -0.15) is 0 Å². The first-order valence-corrected chi connectivity index (χ1v) is 6.80. The predicted molar refractivity (Wildman–Crippen MR) is 77.9 cm³/mol. The van der Waals surface area contributed by atoms with Gasteiger partial charge in [-0.05, 0) is 44.9 Å². The summed E-state index contributed by atoms with van der Waals surface area (Å²) in [4.78, 5) is 8.64. The standard InChI is InChI=1S/C16H21N3/c1-13-18-12-11-16(19-13)15(17-2)10-6-9-14-7-4-3-5-8-14/h3-5,7-8,11-12,15,17H,6,9-10H2,1-2H3. The Kier molecular flexibility index (Phi) is 5.04. The molecule has 0 bridgehead atoms. The molecule has 1 heterocycles. The van der Waals surface area contributed by atoms with Crippen LogP contribution in [0.5, 0.6) is 0 Å². The quantitative estimate of drug-likeness (QED) is 0.862. The lowest BCUT2D eigenvalue weighted by molar-refractivity contribution is 0.513. The molecule has 1 unspecified atom stereocenters. The van der Waals surface area contributed by atoms with Crippen molar-refractivity contribution < 1.29 is 0 Å². The van der Waals surface area contributed by atoms with Gasteiger partial charge in [0.2, 0.25) is 0 Å². The highest BCUT2D eigenvalue weighted by molar-refractivity contribution is 5.15. The van der Waals surface area contributed by atoms with Gasteiger partial charge in [0, 0.05) is 12.2 Å². The average Bonchev–Trinajstić information content (AvgIpc) is 2.45. The van der Waals surface area contributed by atoms with E-state index in [-0.39, 0.29) is 0 Å². The zero-order valence-electron chi connectivity index (χ0n) is 11.6. The van der Waals surface area contributed by atoms with Crippen LogP contribution in [-0.4, -0.2) is 17.0 Å². The Bertz CT molecular complexity index is 496. The van der Waals surface area contributed by atoms with Crippen LogP contribution in [-0.2, 0) is 6.42 Å². The van der Waals surface area contributed by atoms with Gasteiger partial charge in [0.15, 0.2) is 0 Å². The number of aryl methyl sites for hydroxylation is 2. The first-order valence-electron chi connectivity index (χ1n) is 6.80. The van der Waals surface area contributed by atoms with Gasteiger partial charge in [-0.3, -0.25) is 0 Å². The van der Waals surface area contributed by atoms with E-state index in [1.54, 1.807) is 0 Å². The molecule has 1 N–H and O–H groups in total. The molecule has 1 aromatic heterocycles. The minimum Gasteiger partial charge on any atom is -0.312 e. The fourth-order valence-corrected chi connectivity index (χ4v) is 2.26. The summed E-state index contributed by atoms with van der Waals surface area (Å²) in [6.45, 7) is 1.93. The summed E-state index contributed by atoms with van der Waals surface area (Å²) >= 11 is 0. The van der Waals surface area contributed by atoms with Crippen molar-refractivity contribution in [3.63, 3.8) is 0 Å². The van der Waals surface area contributed by atoms with E-state index in [1.807, 2.05) is 26.2 Å². The topological polar surface area (TPSA) is 37.8 Å². The first kappa shape index (κ1) is 13.7. The molecule has 100 valence electrons. The third-order valence-electron chi connectivity index (χ3n) is 3.30. The zero-order valence-corrected chi connectivity index (χ0v) is 11.6.